The fourth-order valence-electron chi connectivity index (χ4n) is 2.14. The Morgan fingerprint density at radius 2 is 1.81 bits per heavy atom. The van der Waals surface area contributed by atoms with Crippen molar-refractivity contribution in [1.82, 2.24) is 0 Å². The molecule has 0 heterocycles. The Morgan fingerprint density at radius 1 is 1.19 bits per heavy atom. The van der Waals surface area contributed by atoms with Crippen molar-refractivity contribution in [3.8, 4) is 0 Å². The molecule has 1 fully saturated rings. The van der Waals surface area contributed by atoms with Gasteiger partial charge in [-0.2, -0.15) is 0 Å². The maximum Gasteiger partial charge on any atom is 0.168 e. The number of nitrogens with two attached hydrogens (primary N) is 1. The van der Waals surface area contributed by atoms with Gasteiger partial charge in [-0.1, -0.05) is 25.0 Å². The molecule has 2 rings (SSSR count). The van der Waals surface area contributed by atoms with E-state index >= 15 is 0 Å². The van der Waals surface area contributed by atoms with Crippen LogP contribution in [0.2, 0.25) is 0 Å². The highest BCUT2D eigenvalue weighted by Crippen LogP contribution is 2.26. The van der Waals surface area contributed by atoms with Crippen LogP contribution in [0.4, 0.5) is 11.4 Å². The van der Waals surface area contributed by atoms with E-state index in [4.69, 9.17) is 18.0 Å². The molecule has 86 valence electrons. The van der Waals surface area contributed by atoms with Gasteiger partial charge in [0.05, 0.1) is 11.4 Å². The fourth-order valence-corrected chi connectivity index (χ4v) is 2.25. The molecule has 0 unspecified atom stereocenters. The molecule has 0 aliphatic heterocycles. The van der Waals surface area contributed by atoms with Gasteiger partial charge in [0.2, 0.25) is 0 Å². The monoisotopic (exact) mass is 235 g/mol. The van der Waals surface area contributed by atoms with Crippen molar-refractivity contribution < 1.29 is 0 Å². The molecule has 1 aliphatic rings. The number of hydrogen-bond acceptors (Lipinski definition) is 2. The van der Waals surface area contributed by atoms with E-state index in [0.717, 1.165) is 11.4 Å². The summed E-state index contributed by atoms with van der Waals surface area (Å²) >= 11 is 4.86. The summed E-state index contributed by atoms with van der Waals surface area (Å²) < 4.78 is 0. The molecule has 16 heavy (non-hydrogen) atoms. The number of benzene rings is 1. The van der Waals surface area contributed by atoms with Crippen LogP contribution in [0.1, 0.15) is 25.7 Å². The largest absolute Gasteiger partial charge is 0.381 e. The summed E-state index contributed by atoms with van der Waals surface area (Å²) in [5.74, 6) is 0. The zero-order valence-electron chi connectivity index (χ0n) is 9.20. The van der Waals surface area contributed by atoms with Crippen LogP contribution in [-0.2, 0) is 0 Å². The van der Waals surface area contributed by atoms with E-state index in [1.165, 1.54) is 25.7 Å². The van der Waals surface area contributed by atoms with Crippen molar-refractivity contribution >= 4 is 28.7 Å². The van der Waals surface area contributed by atoms with Crippen LogP contribution in [0.3, 0.4) is 0 Å². The van der Waals surface area contributed by atoms with Crippen LogP contribution < -0.4 is 16.4 Å². The van der Waals surface area contributed by atoms with Crippen molar-refractivity contribution in [3.63, 3.8) is 0 Å². The molecule has 1 aromatic rings. The highest BCUT2D eigenvalue weighted by Gasteiger charge is 2.15. The molecule has 0 saturated heterocycles. The van der Waals surface area contributed by atoms with E-state index in [1.54, 1.807) is 0 Å². The third-order valence-electron chi connectivity index (χ3n) is 2.90. The zero-order valence-corrected chi connectivity index (χ0v) is 10.0. The highest BCUT2D eigenvalue weighted by molar-refractivity contribution is 7.80. The topological polar surface area (TPSA) is 50.1 Å². The van der Waals surface area contributed by atoms with Gasteiger partial charge in [0.25, 0.3) is 0 Å². The lowest BCUT2D eigenvalue weighted by atomic mass is 10.2. The molecule has 4 N–H and O–H groups in total. The van der Waals surface area contributed by atoms with Gasteiger partial charge in [-0.05, 0) is 37.2 Å². The van der Waals surface area contributed by atoms with E-state index in [1.807, 2.05) is 18.2 Å². The van der Waals surface area contributed by atoms with Crippen LogP contribution in [0, 0.1) is 0 Å². The van der Waals surface area contributed by atoms with Gasteiger partial charge >= 0.3 is 0 Å². The molecule has 1 aromatic carbocycles. The van der Waals surface area contributed by atoms with Crippen LogP contribution in [0.5, 0.6) is 0 Å². The normalized spacial score (nSPS) is 16.0. The number of rotatable bonds is 3. The molecule has 0 aromatic heterocycles. The number of para-hydroxylation sites is 2. The molecular formula is C12H17N3S. The standard InChI is InChI=1S/C12H17N3S/c13-12(16)15-11-8-4-3-7-10(11)14-9-5-1-2-6-9/h3-4,7-9,14H,1-2,5-6H2,(H3,13,15,16). The summed E-state index contributed by atoms with van der Waals surface area (Å²) in [6.07, 6.45) is 5.15. The molecule has 4 heteroatoms. The minimum Gasteiger partial charge on any atom is -0.381 e. The molecule has 3 nitrogen and oxygen atoms in total. The molecule has 0 bridgehead atoms. The Labute approximate surface area is 101 Å². The first-order valence-corrected chi connectivity index (χ1v) is 6.08. The molecule has 0 amide bonds. The van der Waals surface area contributed by atoms with Crippen molar-refractivity contribution in [3.05, 3.63) is 24.3 Å². The average Bonchev–Trinajstić information content (AvgIpc) is 2.73. The first-order chi connectivity index (χ1) is 7.75. The number of anilines is 2. The van der Waals surface area contributed by atoms with Gasteiger partial charge in [0, 0.05) is 6.04 Å². The average molecular weight is 235 g/mol. The molecule has 1 saturated carbocycles. The first-order valence-electron chi connectivity index (χ1n) is 5.68. The lowest BCUT2D eigenvalue weighted by Gasteiger charge is -2.17. The summed E-state index contributed by atoms with van der Waals surface area (Å²) in [6.45, 7) is 0. The van der Waals surface area contributed by atoms with Crippen LogP contribution in [0.25, 0.3) is 0 Å². The number of hydrogen-bond donors (Lipinski definition) is 3. The van der Waals surface area contributed by atoms with Crippen LogP contribution in [-0.4, -0.2) is 11.2 Å². The smallest absolute Gasteiger partial charge is 0.168 e. The minimum atomic E-state index is 0.306. The zero-order chi connectivity index (χ0) is 11.4. The van der Waals surface area contributed by atoms with Crippen molar-refractivity contribution in [2.24, 2.45) is 5.73 Å². The van der Waals surface area contributed by atoms with E-state index in [2.05, 4.69) is 16.7 Å². The summed E-state index contributed by atoms with van der Waals surface area (Å²) in [5.41, 5.74) is 7.54. The second-order valence-electron chi connectivity index (χ2n) is 4.16. The van der Waals surface area contributed by atoms with Crippen LogP contribution >= 0.6 is 12.2 Å². The van der Waals surface area contributed by atoms with Crippen molar-refractivity contribution in [2.75, 3.05) is 10.6 Å². The second-order valence-corrected chi connectivity index (χ2v) is 4.60. The molecule has 0 atom stereocenters. The fraction of sp³-hybridized carbons (Fsp3) is 0.417. The van der Waals surface area contributed by atoms with E-state index < -0.39 is 0 Å². The van der Waals surface area contributed by atoms with E-state index in [-0.39, 0.29) is 0 Å². The van der Waals surface area contributed by atoms with Gasteiger partial charge < -0.3 is 16.4 Å². The summed E-state index contributed by atoms with van der Waals surface area (Å²) in [5, 5.41) is 6.84. The van der Waals surface area contributed by atoms with Gasteiger partial charge in [0.1, 0.15) is 0 Å². The van der Waals surface area contributed by atoms with E-state index in [9.17, 15) is 0 Å². The quantitative estimate of drug-likeness (QED) is 0.705. The molecular weight excluding hydrogens is 218 g/mol. The Kier molecular flexibility index (Phi) is 3.62. The Hall–Kier alpha value is -1.29. The van der Waals surface area contributed by atoms with Crippen molar-refractivity contribution in [2.45, 2.75) is 31.7 Å². The predicted molar refractivity (Wildman–Crippen MR) is 72.7 cm³/mol. The maximum absolute atomic E-state index is 5.49. The first kappa shape index (κ1) is 11.2. The number of nitrogens with one attached hydrogen (secondary N) is 2. The third-order valence-corrected chi connectivity index (χ3v) is 3.00. The second kappa shape index (κ2) is 5.16. The van der Waals surface area contributed by atoms with Gasteiger partial charge in [-0.3, -0.25) is 0 Å². The Morgan fingerprint density at radius 3 is 2.44 bits per heavy atom. The third kappa shape index (κ3) is 2.85. The maximum atomic E-state index is 5.49. The Bertz CT molecular complexity index is 372. The summed E-state index contributed by atoms with van der Waals surface area (Å²) in [6, 6.07) is 8.62. The predicted octanol–water partition coefficient (Wildman–Crippen LogP) is 2.70. The Balaban J connectivity index is 2.09. The SMILES string of the molecule is NC(=S)Nc1ccccc1NC1CCCC1. The molecule has 0 radical (unpaired) electrons. The lowest BCUT2D eigenvalue weighted by molar-refractivity contribution is 0.756. The molecule has 0 spiro atoms. The lowest BCUT2D eigenvalue weighted by Crippen LogP contribution is -2.21. The summed E-state index contributed by atoms with van der Waals surface area (Å²) in [7, 11) is 0. The van der Waals surface area contributed by atoms with Crippen molar-refractivity contribution in [1.29, 1.82) is 0 Å². The summed E-state index contributed by atoms with van der Waals surface area (Å²) in [4.78, 5) is 0. The number of thiocarbonyl (C=S) groups is 1. The van der Waals surface area contributed by atoms with E-state index in [0.29, 0.717) is 11.2 Å². The minimum absolute atomic E-state index is 0.306. The van der Waals surface area contributed by atoms with Crippen LogP contribution in [0.15, 0.2) is 24.3 Å². The molecule has 1 aliphatic carbocycles. The van der Waals surface area contributed by atoms with Gasteiger partial charge in [-0.25, -0.2) is 0 Å². The van der Waals surface area contributed by atoms with Gasteiger partial charge in [-0.15, -0.1) is 0 Å². The van der Waals surface area contributed by atoms with Gasteiger partial charge in [0.15, 0.2) is 5.11 Å². The highest BCUT2D eigenvalue weighted by atomic mass is 32.1.